The first-order chi connectivity index (χ1) is 7.77. The van der Waals surface area contributed by atoms with Crippen LogP contribution in [0.3, 0.4) is 0 Å². The monoisotopic (exact) mass is 227 g/mol. The van der Waals surface area contributed by atoms with Gasteiger partial charge in [-0.25, -0.2) is 14.4 Å². The molecule has 5 heteroatoms. The first-order valence-corrected chi connectivity index (χ1v) is 5.59. The summed E-state index contributed by atoms with van der Waals surface area (Å²) in [4.78, 5) is 10.0. The molecule has 1 aromatic rings. The van der Waals surface area contributed by atoms with E-state index in [4.69, 9.17) is 4.74 Å². The minimum absolute atomic E-state index is 0.359. The molecule has 4 nitrogen and oxygen atoms in total. The molecule has 0 aromatic carbocycles. The predicted molar refractivity (Wildman–Crippen MR) is 61.1 cm³/mol. The van der Waals surface area contributed by atoms with Crippen LogP contribution in [0.25, 0.3) is 0 Å². The summed E-state index contributed by atoms with van der Waals surface area (Å²) < 4.78 is 18.1. The molecule has 0 atom stereocenters. The maximum atomic E-state index is 12.9. The van der Waals surface area contributed by atoms with Crippen LogP contribution in [0.5, 0.6) is 0 Å². The normalized spacial score (nSPS) is 15.4. The molecule has 1 saturated heterocycles. The van der Waals surface area contributed by atoms with Crippen molar-refractivity contribution in [2.45, 2.75) is 20.8 Å². The van der Waals surface area contributed by atoms with E-state index in [1.807, 2.05) is 18.7 Å². The van der Waals surface area contributed by atoms with Gasteiger partial charge in [0.1, 0.15) is 0 Å². The third-order valence-electron chi connectivity index (χ3n) is 2.20. The van der Waals surface area contributed by atoms with Crippen LogP contribution in [0, 0.1) is 12.7 Å². The summed E-state index contributed by atoms with van der Waals surface area (Å²) in [6.07, 6.45) is 1.22. The van der Waals surface area contributed by atoms with Crippen LogP contribution in [0.2, 0.25) is 0 Å². The minimum atomic E-state index is -0.359. The number of hydrogen-bond acceptors (Lipinski definition) is 4. The number of aryl methyl sites for hydroxylation is 1. The van der Waals surface area contributed by atoms with Crippen molar-refractivity contribution in [3.63, 3.8) is 0 Å². The van der Waals surface area contributed by atoms with Crippen molar-refractivity contribution < 1.29 is 9.13 Å². The molecule has 1 aromatic heterocycles. The molecule has 1 aliphatic heterocycles. The molecule has 0 bridgehead atoms. The standard InChI is InChI=1S/C9H12FN3O.C2H6/c1-7-8(10)6-11-9(12-7)13-2-4-14-5-3-13;1-2/h6H,2-5H2,1H3;1-2H3. The Morgan fingerprint density at radius 1 is 1.31 bits per heavy atom. The van der Waals surface area contributed by atoms with Crippen molar-refractivity contribution in [3.05, 3.63) is 17.7 Å². The van der Waals surface area contributed by atoms with Crippen molar-refractivity contribution >= 4 is 5.95 Å². The Hall–Kier alpha value is -1.23. The van der Waals surface area contributed by atoms with Gasteiger partial charge in [0.15, 0.2) is 5.82 Å². The van der Waals surface area contributed by atoms with Gasteiger partial charge in [0.2, 0.25) is 5.95 Å². The van der Waals surface area contributed by atoms with Gasteiger partial charge < -0.3 is 9.64 Å². The van der Waals surface area contributed by atoms with Gasteiger partial charge in [-0.3, -0.25) is 0 Å². The SMILES string of the molecule is CC.Cc1nc(N2CCOCC2)ncc1F. The van der Waals surface area contributed by atoms with Gasteiger partial charge in [0.05, 0.1) is 25.1 Å². The lowest BCUT2D eigenvalue weighted by Crippen LogP contribution is -2.37. The third kappa shape index (κ3) is 3.13. The van der Waals surface area contributed by atoms with Gasteiger partial charge in [0, 0.05) is 13.1 Å². The highest BCUT2D eigenvalue weighted by atomic mass is 19.1. The molecule has 16 heavy (non-hydrogen) atoms. The molecule has 0 spiro atoms. The lowest BCUT2D eigenvalue weighted by atomic mass is 10.4. The molecule has 0 saturated carbocycles. The first-order valence-electron chi connectivity index (χ1n) is 5.59. The molecular weight excluding hydrogens is 209 g/mol. The highest BCUT2D eigenvalue weighted by Crippen LogP contribution is 2.11. The van der Waals surface area contributed by atoms with E-state index in [9.17, 15) is 4.39 Å². The summed E-state index contributed by atoms with van der Waals surface area (Å²) >= 11 is 0. The summed E-state index contributed by atoms with van der Waals surface area (Å²) in [6, 6.07) is 0. The molecule has 90 valence electrons. The van der Waals surface area contributed by atoms with Crippen molar-refractivity contribution in [3.8, 4) is 0 Å². The zero-order valence-corrected chi connectivity index (χ0v) is 10.0. The highest BCUT2D eigenvalue weighted by molar-refractivity contribution is 5.30. The van der Waals surface area contributed by atoms with E-state index in [2.05, 4.69) is 9.97 Å². The Kier molecular flexibility index (Phi) is 5.11. The average molecular weight is 227 g/mol. The van der Waals surface area contributed by atoms with Crippen LogP contribution in [-0.4, -0.2) is 36.3 Å². The highest BCUT2D eigenvalue weighted by Gasteiger charge is 2.14. The van der Waals surface area contributed by atoms with Crippen LogP contribution in [-0.2, 0) is 4.74 Å². The summed E-state index contributed by atoms with van der Waals surface area (Å²) in [6.45, 7) is 8.54. The molecule has 1 aliphatic rings. The minimum Gasteiger partial charge on any atom is -0.378 e. The second kappa shape index (κ2) is 6.37. The Morgan fingerprint density at radius 3 is 2.50 bits per heavy atom. The summed E-state index contributed by atoms with van der Waals surface area (Å²) in [5, 5.41) is 0. The summed E-state index contributed by atoms with van der Waals surface area (Å²) in [7, 11) is 0. The van der Waals surface area contributed by atoms with Gasteiger partial charge >= 0.3 is 0 Å². The fraction of sp³-hybridized carbons (Fsp3) is 0.636. The molecule has 0 N–H and O–H groups in total. The second-order valence-electron chi connectivity index (χ2n) is 3.20. The van der Waals surface area contributed by atoms with Crippen molar-refractivity contribution in [1.29, 1.82) is 0 Å². The first kappa shape index (κ1) is 12.8. The zero-order chi connectivity index (χ0) is 12.0. The van der Waals surface area contributed by atoms with Gasteiger partial charge in [0.25, 0.3) is 0 Å². The number of rotatable bonds is 1. The lowest BCUT2D eigenvalue weighted by molar-refractivity contribution is 0.122. The Labute approximate surface area is 95.5 Å². The summed E-state index contributed by atoms with van der Waals surface area (Å²) in [5.74, 6) is 0.231. The van der Waals surface area contributed by atoms with Gasteiger partial charge in [-0.1, -0.05) is 13.8 Å². The van der Waals surface area contributed by atoms with E-state index < -0.39 is 0 Å². The van der Waals surface area contributed by atoms with E-state index >= 15 is 0 Å². The van der Waals surface area contributed by atoms with E-state index in [0.717, 1.165) is 13.1 Å². The van der Waals surface area contributed by atoms with E-state index in [1.54, 1.807) is 6.92 Å². The largest absolute Gasteiger partial charge is 0.378 e. The Bertz CT molecular complexity index is 327. The summed E-state index contributed by atoms with van der Waals surface area (Å²) in [5.41, 5.74) is 0.390. The molecule has 0 amide bonds. The third-order valence-corrected chi connectivity index (χ3v) is 2.20. The quantitative estimate of drug-likeness (QED) is 0.733. The number of hydrogen-bond donors (Lipinski definition) is 0. The lowest BCUT2D eigenvalue weighted by Gasteiger charge is -2.26. The number of nitrogens with zero attached hydrogens (tertiary/aromatic N) is 3. The average Bonchev–Trinajstić information content (AvgIpc) is 2.36. The molecule has 2 heterocycles. The predicted octanol–water partition coefficient (Wildman–Crippen LogP) is 1.79. The Morgan fingerprint density at radius 2 is 1.94 bits per heavy atom. The maximum absolute atomic E-state index is 12.9. The zero-order valence-electron chi connectivity index (χ0n) is 10.0. The van der Waals surface area contributed by atoms with Crippen LogP contribution < -0.4 is 4.90 Å². The van der Waals surface area contributed by atoms with Gasteiger partial charge in [-0.05, 0) is 6.92 Å². The van der Waals surface area contributed by atoms with E-state index in [1.165, 1.54) is 6.20 Å². The molecular formula is C11H18FN3O. The maximum Gasteiger partial charge on any atom is 0.225 e. The van der Waals surface area contributed by atoms with E-state index in [0.29, 0.717) is 24.9 Å². The molecule has 0 aliphatic carbocycles. The van der Waals surface area contributed by atoms with Gasteiger partial charge in [-0.15, -0.1) is 0 Å². The van der Waals surface area contributed by atoms with Crippen LogP contribution in [0.4, 0.5) is 10.3 Å². The topological polar surface area (TPSA) is 38.2 Å². The van der Waals surface area contributed by atoms with Crippen molar-refractivity contribution in [2.75, 3.05) is 31.2 Å². The number of morpholine rings is 1. The molecule has 1 fully saturated rings. The fourth-order valence-corrected chi connectivity index (χ4v) is 1.36. The molecule has 0 unspecified atom stereocenters. The van der Waals surface area contributed by atoms with Crippen molar-refractivity contribution in [1.82, 2.24) is 9.97 Å². The number of ether oxygens (including phenoxy) is 1. The molecule has 2 rings (SSSR count). The van der Waals surface area contributed by atoms with Gasteiger partial charge in [-0.2, -0.15) is 0 Å². The second-order valence-corrected chi connectivity index (χ2v) is 3.20. The van der Waals surface area contributed by atoms with E-state index in [-0.39, 0.29) is 5.82 Å². The van der Waals surface area contributed by atoms with Crippen molar-refractivity contribution in [2.24, 2.45) is 0 Å². The number of aromatic nitrogens is 2. The number of halogens is 1. The number of anilines is 1. The Balaban J connectivity index is 0.000000606. The van der Waals surface area contributed by atoms with Crippen LogP contribution in [0.15, 0.2) is 6.20 Å². The van der Waals surface area contributed by atoms with Crippen LogP contribution >= 0.6 is 0 Å². The fourth-order valence-electron chi connectivity index (χ4n) is 1.36. The molecule has 0 radical (unpaired) electrons. The van der Waals surface area contributed by atoms with Crippen LogP contribution in [0.1, 0.15) is 19.5 Å². The smallest absolute Gasteiger partial charge is 0.225 e.